The van der Waals surface area contributed by atoms with Gasteiger partial charge in [-0.3, -0.25) is 14.5 Å². The summed E-state index contributed by atoms with van der Waals surface area (Å²) >= 11 is 0. The molecule has 2 N–H and O–H groups in total. The number of allylic oxidation sites excluding steroid dienone is 2. The third kappa shape index (κ3) is 5.33. The second kappa shape index (κ2) is 12.0. The van der Waals surface area contributed by atoms with E-state index in [9.17, 15) is 14.7 Å². The Bertz CT molecular complexity index is 1830. The van der Waals surface area contributed by atoms with Gasteiger partial charge in [0.05, 0.1) is 30.2 Å². The van der Waals surface area contributed by atoms with Gasteiger partial charge in [-0.15, -0.1) is 0 Å². The lowest BCUT2D eigenvalue weighted by Gasteiger charge is -2.31. The third-order valence-corrected chi connectivity index (χ3v) is 9.76. The maximum Gasteiger partial charge on any atom is 0.238 e. The molecule has 45 heavy (non-hydrogen) atoms. The van der Waals surface area contributed by atoms with Crippen LogP contribution in [-0.4, -0.2) is 29.6 Å². The minimum Gasteiger partial charge on any atom is -0.507 e. The van der Waals surface area contributed by atoms with E-state index in [0.29, 0.717) is 18.7 Å². The van der Waals surface area contributed by atoms with Gasteiger partial charge in [0.1, 0.15) is 5.75 Å². The zero-order chi connectivity index (χ0) is 31.1. The van der Waals surface area contributed by atoms with E-state index in [4.69, 9.17) is 4.74 Å². The number of amides is 2. The number of aromatic hydroxyl groups is 1. The van der Waals surface area contributed by atoms with Crippen molar-refractivity contribution < 1.29 is 19.4 Å². The van der Waals surface area contributed by atoms with Crippen molar-refractivity contribution in [1.29, 1.82) is 0 Å². The molecule has 3 aliphatic rings. The van der Waals surface area contributed by atoms with E-state index in [1.165, 1.54) is 21.6 Å². The van der Waals surface area contributed by atoms with Crippen LogP contribution in [0, 0.1) is 17.8 Å². The van der Waals surface area contributed by atoms with Crippen LogP contribution >= 0.6 is 0 Å². The maximum atomic E-state index is 14.0. The first kappa shape index (κ1) is 29.1. The van der Waals surface area contributed by atoms with Gasteiger partial charge in [-0.1, -0.05) is 72.7 Å². The van der Waals surface area contributed by atoms with Gasteiger partial charge in [0.25, 0.3) is 0 Å². The van der Waals surface area contributed by atoms with Gasteiger partial charge in [-0.2, -0.15) is 0 Å². The number of carbonyl (C=O) groups is 2. The van der Waals surface area contributed by atoms with Crippen LogP contribution in [0.25, 0.3) is 16.8 Å². The Morgan fingerprint density at radius 1 is 0.889 bits per heavy atom. The standard InChI is InChI=1S/C39H38N2O4/c1-3-25-22-32-37(39(44)41(38(32)43)29-17-15-28(16-18-29)40-27-9-5-4-6-10-27)33-23-45-35(36(25)33)20-13-24(2)21-26-14-19-34(42)31-12-8-7-11-30(26)31/h4-12,14-19,21,32-33,35,37,40,42H,3,13,20,22-23H2,1-2H3/b24-21+/t32-,33+,35-,37-/m1/s1. The Hall–Kier alpha value is -4.68. The van der Waals surface area contributed by atoms with Crippen LogP contribution in [0.4, 0.5) is 17.1 Å². The summed E-state index contributed by atoms with van der Waals surface area (Å²) in [5, 5.41) is 15.5. The number of phenolic OH excluding ortho intramolecular Hbond substituents is 1. The lowest BCUT2D eigenvalue weighted by molar-refractivity contribution is -0.122. The molecule has 0 unspecified atom stereocenters. The maximum absolute atomic E-state index is 14.0. The number of nitrogens with one attached hydrogen (secondary N) is 1. The molecule has 4 atom stereocenters. The van der Waals surface area contributed by atoms with Crippen LogP contribution < -0.4 is 10.2 Å². The number of benzene rings is 4. The molecule has 2 saturated heterocycles. The van der Waals surface area contributed by atoms with Crippen molar-refractivity contribution in [2.45, 2.75) is 45.6 Å². The minimum absolute atomic E-state index is 0.0499. The van der Waals surface area contributed by atoms with Gasteiger partial charge >= 0.3 is 0 Å². The molecule has 0 spiro atoms. The Morgan fingerprint density at radius 2 is 1.60 bits per heavy atom. The Balaban J connectivity index is 1.07. The first-order valence-electron chi connectivity index (χ1n) is 15.9. The quantitative estimate of drug-likeness (QED) is 0.157. The summed E-state index contributed by atoms with van der Waals surface area (Å²) in [4.78, 5) is 29.1. The van der Waals surface area contributed by atoms with Crippen molar-refractivity contribution in [3.8, 4) is 5.75 Å². The van der Waals surface area contributed by atoms with Crippen LogP contribution in [0.5, 0.6) is 5.75 Å². The molecule has 2 heterocycles. The fraction of sp³-hybridized carbons (Fsp3) is 0.282. The smallest absolute Gasteiger partial charge is 0.238 e. The largest absolute Gasteiger partial charge is 0.507 e. The number of imide groups is 1. The highest BCUT2D eigenvalue weighted by molar-refractivity contribution is 6.22. The number of nitrogens with zero attached hydrogens (tertiary/aromatic N) is 1. The normalized spacial score (nSPS) is 23.1. The second-order valence-corrected chi connectivity index (χ2v) is 12.5. The molecule has 4 aromatic carbocycles. The van der Waals surface area contributed by atoms with Crippen molar-refractivity contribution in [3.05, 3.63) is 113 Å². The highest BCUT2D eigenvalue weighted by Crippen LogP contribution is 2.51. The molecule has 228 valence electrons. The number of ether oxygens (including phenoxy) is 1. The average molecular weight is 599 g/mol. The summed E-state index contributed by atoms with van der Waals surface area (Å²) in [6.45, 7) is 4.76. The fourth-order valence-electron chi connectivity index (χ4n) is 7.58. The van der Waals surface area contributed by atoms with Crippen LogP contribution in [0.1, 0.15) is 45.1 Å². The Labute approximate surface area is 264 Å². The van der Waals surface area contributed by atoms with Crippen molar-refractivity contribution in [2.75, 3.05) is 16.8 Å². The average Bonchev–Trinajstić information content (AvgIpc) is 3.60. The first-order valence-corrected chi connectivity index (χ1v) is 15.9. The zero-order valence-corrected chi connectivity index (χ0v) is 25.7. The lowest BCUT2D eigenvalue weighted by atomic mass is 9.69. The van der Waals surface area contributed by atoms with Gasteiger partial charge in [-0.05, 0) is 91.6 Å². The first-order chi connectivity index (χ1) is 21.9. The summed E-state index contributed by atoms with van der Waals surface area (Å²) < 4.78 is 6.42. The molecule has 2 aliphatic heterocycles. The predicted octanol–water partition coefficient (Wildman–Crippen LogP) is 8.40. The highest BCUT2D eigenvalue weighted by Gasteiger charge is 2.57. The van der Waals surface area contributed by atoms with E-state index in [-0.39, 0.29) is 41.4 Å². The Kier molecular flexibility index (Phi) is 7.76. The van der Waals surface area contributed by atoms with E-state index in [2.05, 4.69) is 25.2 Å². The van der Waals surface area contributed by atoms with Crippen LogP contribution in [0.15, 0.2) is 108 Å². The molecule has 0 saturated carbocycles. The number of fused-ring (bicyclic) bond motifs is 4. The summed E-state index contributed by atoms with van der Waals surface area (Å²) in [6, 6.07) is 29.1. The molecular formula is C39H38N2O4. The highest BCUT2D eigenvalue weighted by atomic mass is 16.5. The zero-order valence-electron chi connectivity index (χ0n) is 25.7. The van der Waals surface area contributed by atoms with Crippen LogP contribution in [-0.2, 0) is 14.3 Å². The number of para-hydroxylation sites is 1. The molecule has 2 amide bonds. The van der Waals surface area contributed by atoms with Crippen molar-refractivity contribution in [3.63, 3.8) is 0 Å². The van der Waals surface area contributed by atoms with Crippen LogP contribution in [0.3, 0.4) is 0 Å². The molecule has 2 fully saturated rings. The number of rotatable bonds is 8. The third-order valence-electron chi connectivity index (χ3n) is 9.76. The van der Waals surface area contributed by atoms with Crippen molar-refractivity contribution >= 4 is 45.7 Å². The molecule has 0 radical (unpaired) electrons. The second-order valence-electron chi connectivity index (χ2n) is 12.5. The lowest BCUT2D eigenvalue weighted by Crippen LogP contribution is -2.34. The van der Waals surface area contributed by atoms with Gasteiger partial charge in [0.2, 0.25) is 11.8 Å². The van der Waals surface area contributed by atoms with E-state index in [0.717, 1.165) is 47.0 Å². The van der Waals surface area contributed by atoms with Crippen molar-refractivity contribution in [2.24, 2.45) is 17.8 Å². The van der Waals surface area contributed by atoms with Gasteiger partial charge in [-0.25, -0.2) is 0 Å². The summed E-state index contributed by atoms with van der Waals surface area (Å²) in [5.41, 5.74) is 7.34. The van der Waals surface area contributed by atoms with Gasteiger partial charge in [0.15, 0.2) is 0 Å². The van der Waals surface area contributed by atoms with E-state index < -0.39 is 0 Å². The molecular weight excluding hydrogens is 560 g/mol. The van der Waals surface area contributed by atoms with Gasteiger partial charge in [0, 0.05) is 22.7 Å². The van der Waals surface area contributed by atoms with E-state index >= 15 is 0 Å². The minimum atomic E-state index is -0.380. The fourth-order valence-corrected chi connectivity index (χ4v) is 7.58. The molecule has 4 aromatic rings. The number of carbonyl (C=O) groups excluding carboxylic acids is 2. The molecule has 1 aliphatic carbocycles. The van der Waals surface area contributed by atoms with E-state index in [1.807, 2.05) is 84.9 Å². The topological polar surface area (TPSA) is 78.9 Å². The van der Waals surface area contributed by atoms with Crippen molar-refractivity contribution in [1.82, 2.24) is 0 Å². The molecule has 7 rings (SSSR count). The number of phenols is 1. The molecule has 6 nitrogen and oxygen atoms in total. The Morgan fingerprint density at radius 3 is 2.36 bits per heavy atom. The predicted molar refractivity (Wildman–Crippen MR) is 179 cm³/mol. The summed E-state index contributed by atoms with van der Waals surface area (Å²) in [6.07, 6.45) is 5.29. The van der Waals surface area contributed by atoms with Gasteiger partial charge < -0.3 is 15.2 Å². The molecule has 6 heteroatoms. The molecule has 0 bridgehead atoms. The van der Waals surface area contributed by atoms with Crippen LogP contribution in [0.2, 0.25) is 0 Å². The number of hydrogen-bond acceptors (Lipinski definition) is 5. The number of hydrogen-bond donors (Lipinski definition) is 2. The monoisotopic (exact) mass is 598 g/mol. The summed E-state index contributed by atoms with van der Waals surface area (Å²) in [5.74, 6) is -0.691. The van der Waals surface area contributed by atoms with E-state index in [1.54, 1.807) is 6.07 Å². The molecule has 0 aromatic heterocycles. The SMILES string of the molecule is CCC1=C2[C@@H](CC/C(C)=C/c3ccc(O)c4ccccc34)OC[C@@H]2[C@@H]2C(=O)N(c3ccc(Nc4ccccc4)cc3)C(=O)[C@@H]2C1. The number of anilines is 3. The summed E-state index contributed by atoms with van der Waals surface area (Å²) in [7, 11) is 0.